The fraction of sp³-hybridized carbons (Fsp3) is 0.294. The maximum absolute atomic E-state index is 10.6. The van der Waals surface area contributed by atoms with Crippen molar-refractivity contribution in [3.05, 3.63) is 57.2 Å². The summed E-state index contributed by atoms with van der Waals surface area (Å²) in [7, 11) is 0. The van der Waals surface area contributed by atoms with E-state index in [0.29, 0.717) is 24.7 Å². The average molecular weight is 398 g/mol. The maximum Gasteiger partial charge on any atom is 0.161 e. The highest BCUT2D eigenvalue weighted by Gasteiger charge is 2.16. The van der Waals surface area contributed by atoms with Crippen molar-refractivity contribution in [1.29, 1.82) is 0 Å². The number of rotatable bonds is 6. The van der Waals surface area contributed by atoms with Crippen molar-refractivity contribution in [3.63, 3.8) is 0 Å². The molecule has 0 aliphatic rings. The Balaban J connectivity index is 2.35. The number of hydrogen-bond donors (Lipinski definition) is 1. The molecular formula is C17H19IO3. The van der Waals surface area contributed by atoms with Gasteiger partial charge in [0.05, 0.1) is 13.2 Å². The molecule has 0 aliphatic carbocycles. The Hall–Kier alpha value is -1.27. The molecule has 0 bridgehead atoms. The Morgan fingerprint density at radius 3 is 2.33 bits per heavy atom. The van der Waals surface area contributed by atoms with Crippen molar-refractivity contribution < 1.29 is 14.6 Å². The van der Waals surface area contributed by atoms with Gasteiger partial charge in [-0.2, -0.15) is 0 Å². The number of halogens is 1. The van der Waals surface area contributed by atoms with Crippen LogP contribution in [0.1, 0.15) is 31.1 Å². The summed E-state index contributed by atoms with van der Waals surface area (Å²) in [6.45, 7) is 5.00. The van der Waals surface area contributed by atoms with Gasteiger partial charge in [0, 0.05) is 3.57 Å². The van der Waals surface area contributed by atoms with E-state index in [2.05, 4.69) is 22.6 Å². The lowest BCUT2D eigenvalue weighted by atomic mass is 10.0. The lowest BCUT2D eigenvalue weighted by Gasteiger charge is -2.16. The van der Waals surface area contributed by atoms with E-state index < -0.39 is 6.10 Å². The lowest BCUT2D eigenvalue weighted by molar-refractivity contribution is 0.218. The Labute approximate surface area is 139 Å². The zero-order chi connectivity index (χ0) is 15.2. The number of aliphatic hydroxyl groups excluding tert-OH is 1. The quantitative estimate of drug-likeness (QED) is 0.743. The second kappa shape index (κ2) is 7.66. The Bertz CT molecular complexity index is 598. The molecule has 0 spiro atoms. The molecule has 2 aromatic rings. The number of benzene rings is 2. The van der Waals surface area contributed by atoms with Crippen LogP contribution in [0.15, 0.2) is 42.5 Å². The van der Waals surface area contributed by atoms with E-state index in [1.165, 1.54) is 0 Å². The average Bonchev–Trinajstić information content (AvgIpc) is 2.49. The highest BCUT2D eigenvalue weighted by atomic mass is 127. The predicted molar refractivity (Wildman–Crippen MR) is 92.0 cm³/mol. The lowest BCUT2D eigenvalue weighted by Crippen LogP contribution is -2.04. The van der Waals surface area contributed by atoms with Crippen LogP contribution in [0.5, 0.6) is 11.5 Å². The minimum atomic E-state index is -0.673. The molecule has 0 saturated carbocycles. The van der Waals surface area contributed by atoms with Gasteiger partial charge in [0.1, 0.15) is 6.10 Å². The minimum absolute atomic E-state index is 0.558. The number of hydrogen-bond acceptors (Lipinski definition) is 3. The van der Waals surface area contributed by atoms with E-state index in [0.717, 1.165) is 14.7 Å². The standard InChI is InChI=1S/C17H19IO3/c1-3-20-15-10-9-12(11-16(15)21-4-2)17(19)13-7-5-6-8-14(13)18/h5-11,17,19H,3-4H2,1-2H3. The molecule has 0 aliphatic heterocycles. The normalized spacial score (nSPS) is 12.0. The predicted octanol–water partition coefficient (Wildman–Crippen LogP) is 4.17. The van der Waals surface area contributed by atoms with Crippen LogP contribution >= 0.6 is 22.6 Å². The number of ether oxygens (including phenoxy) is 2. The van der Waals surface area contributed by atoms with Crippen molar-refractivity contribution in [2.45, 2.75) is 20.0 Å². The van der Waals surface area contributed by atoms with Gasteiger partial charge in [-0.15, -0.1) is 0 Å². The van der Waals surface area contributed by atoms with Crippen LogP contribution in [0.2, 0.25) is 0 Å². The van der Waals surface area contributed by atoms with Crippen molar-refractivity contribution in [2.75, 3.05) is 13.2 Å². The Morgan fingerprint density at radius 2 is 1.67 bits per heavy atom. The third-order valence-electron chi connectivity index (χ3n) is 3.08. The van der Waals surface area contributed by atoms with Crippen molar-refractivity contribution in [1.82, 2.24) is 0 Å². The molecule has 2 rings (SSSR count). The topological polar surface area (TPSA) is 38.7 Å². The highest BCUT2D eigenvalue weighted by molar-refractivity contribution is 14.1. The van der Waals surface area contributed by atoms with E-state index in [1.807, 2.05) is 56.3 Å². The molecule has 0 saturated heterocycles. The smallest absolute Gasteiger partial charge is 0.161 e. The summed E-state index contributed by atoms with van der Waals surface area (Å²) < 4.78 is 12.2. The summed E-state index contributed by atoms with van der Waals surface area (Å²) in [6, 6.07) is 13.4. The first-order valence-corrected chi connectivity index (χ1v) is 8.07. The first-order valence-electron chi connectivity index (χ1n) is 6.99. The molecule has 1 unspecified atom stereocenters. The summed E-state index contributed by atoms with van der Waals surface area (Å²) in [5, 5.41) is 10.6. The fourth-order valence-corrected chi connectivity index (χ4v) is 2.80. The van der Waals surface area contributed by atoms with Crippen LogP contribution in [0.25, 0.3) is 0 Å². The molecule has 0 aromatic heterocycles. The van der Waals surface area contributed by atoms with Gasteiger partial charge in [0.15, 0.2) is 11.5 Å². The second-order valence-electron chi connectivity index (χ2n) is 4.50. The third kappa shape index (κ3) is 3.89. The second-order valence-corrected chi connectivity index (χ2v) is 5.66. The molecule has 0 heterocycles. The Kier molecular flexibility index (Phi) is 5.87. The van der Waals surface area contributed by atoms with Crippen LogP contribution in [-0.4, -0.2) is 18.3 Å². The zero-order valence-electron chi connectivity index (χ0n) is 12.2. The van der Waals surface area contributed by atoms with Crippen LogP contribution in [0.3, 0.4) is 0 Å². The van der Waals surface area contributed by atoms with Gasteiger partial charge >= 0.3 is 0 Å². The Morgan fingerprint density at radius 1 is 1.00 bits per heavy atom. The largest absolute Gasteiger partial charge is 0.490 e. The summed E-state index contributed by atoms with van der Waals surface area (Å²) >= 11 is 2.23. The third-order valence-corrected chi connectivity index (χ3v) is 4.07. The SMILES string of the molecule is CCOc1ccc(C(O)c2ccccc2I)cc1OCC. The van der Waals surface area contributed by atoms with E-state index >= 15 is 0 Å². The van der Waals surface area contributed by atoms with Crippen LogP contribution in [-0.2, 0) is 0 Å². The van der Waals surface area contributed by atoms with E-state index in [4.69, 9.17) is 9.47 Å². The van der Waals surface area contributed by atoms with E-state index in [9.17, 15) is 5.11 Å². The molecule has 2 aromatic carbocycles. The van der Waals surface area contributed by atoms with Gasteiger partial charge in [-0.3, -0.25) is 0 Å². The fourth-order valence-electron chi connectivity index (χ4n) is 2.11. The minimum Gasteiger partial charge on any atom is -0.490 e. The monoisotopic (exact) mass is 398 g/mol. The molecule has 4 heteroatoms. The van der Waals surface area contributed by atoms with Gasteiger partial charge in [-0.25, -0.2) is 0 Å². The molecule has 3 nitrogen and oxygen atoms in total. The zero-order valence-corrected chi connectivity index (χ0v) is 14.3. The van der Waals surface area contributed by atoms with E-state index in [-0.39, 0.29) is 0 Å². The van der Waals surface area contributed by atoms with Crippen LogP contribution in [0.4, 0.5) is 0 Å². The molecule has 0 radical (unpaired) electrons. The van der Waals surface area contributed by atoms with Gasteiger partial charge in [0.2, 0.25) is 0 Å². The molecular weight excluding hydrogens is 379 g/mol. The van der Waals surface area contributed by atoms with Gasteiger partial charge in [-0.1, -0.05) is 24.3 Å². The molecule has 21 heavy (non-hydrogen) atoms. The number of aliphatic hydroxyl groups is 1. The summed E-state index contributed by atoms with van der Waals surface area (Å²) in [5.41, 5.74) is 1.69. The molecule has 112 valence electrons. The highest BCUT2D eigenvalue weighted by Crippen LogP contribution is 2.33. The first kappa shape index (κ1) is 16.1. The van der Waals surface area contributed by atoms with Crippen LogP contribution < -0.4 is 9.47 Å². The molecule has 1 atom stereocenters. The van der Waals surface area contributed by atoms with E-state index in [1.54, 1.807) is 0 Å². The van der Waals surface area contributed by atoms with Gasteiger partial charge < -0.3 is 14.6 Å². The summed E-state index contributed by atoms with van der Waals surface area (Å²) in [4.78, 5) is 0. The van der Waals surface area contributed by atoms with Crippen molar-refractivity contribution >= 4 is 22.6 Å². The van der Waals surface area contributed by atoms with Crippen LogP contribution in [0, 0.1) is 3.57 Å². The maximum atomic E-state index is 10.6. The molecule has 0 amide bonds. The van der Waals surface area contributed by atoms with Gasteiger partial charge in [-0.05, 0) is 65.8 Å². The molecule has 0 fully saturated rings. The molecule has 1 N–H and O–H groups in total. The van der Waals surface area contributed by atoms with Crippen molar-refractivity contribution in [3.8, 4) is 11.5 Å². The first-order chi connectivity index (χ1) is 10.2. The van der Waals surface area contributed by atoms with Crippen molar-refractivity contribution in [2.24, 2.45) is 0 Å². The summed E-state index contributed by atoms with van der Waals surface area (Å²) in [5.74, 6) is 1.37. The van der Waals surface area contributed by atoms with Gasteiger partial charge in [0.25, 0.3) is 0 Å². The summed E-state index contributed by atoms with van der Waals surface area (Å²) in [6.07, 6.45) is -0.673.